The second-order valence-electron chi connectivity index (χ2n) is 7.77. The fourth-order valence-electron chi connectivity index (χ4n) is 3.91. The van der Waals surface area contributed by atoms with Gasteiger partial charge in [-0.1, -0.05) is 0 Å². The Morgan fingerprint density at radius 1 is 1.06 bits per heavy atom. The van der Waals surface area contributed by atoms with Crippen molar-refractivity contribution in [1.82, 2.24) is 9.13 Å². The standard InChI is InChI=1S/C21H27N5O5/c1-24-19(22)18(25-8-3-2-4-9-25)20(28)26(21(24)29)13-17(27)23-14-6-7-15-16(12-14)31-11-5-10-30-15/h6-7,12H,2-5,8-11,13,22H2,1H3,(H,23,27). The number of fused-ring (bicyclic) bond motifs is 1. The SMILES string of the molecule is Cn1c(N)c(N2CCCCC2)c(=O)n(CC(=O)Nc2ccc3c(c2)OCCCO3)c1=O. The summed E-state index contributed by atoms with van der Waals surface area (Å²) < 4.78 is 13.4. The Hall–Kier alpha value is -3.43. The molecule has 1 aromatic heterocycles. The largest absolute Gasteiger partial charge is 0.490 e. The molecule has 2 aromatic rings. The van der Waals surface area contributed by atoms with Gasteiger partial charge in [0.1, 0.15) is 18.1 Å². The lowest BCUT2D eigenvalue weighted by molar-refractivity contribution is -0.116. The van der Waals surface area contributed by atoms with E-state index in [-0.39, 0.29) is 11.5 Å². The maximum absolute atomic E-state index is 13.1. The maximum Gasteiger partial charge on any atom is 0.332 e. The van der Waals surface area contributed by atoms with Crippen molar-refractivity contribution in [2.75, 3.05) is 42.3 Å². The van der Waals surface area contributed by atoms with E-state index in [2.05, 4.69) is 5.32 Å². The molecule has 1 amide bonds. The van der Waals surface area contributed by atoms with Crippen LogP contribution in [-0.2, 0) is 18.4 Å². The van der Waals surface area contributed by atoms with Crippen molar-refractivity contribution in [3.8, 4) is 11.5 Å². The quantitative estimate of drug-likeness (QED) is 0.741. The summed E-state index contributed by atoms with van der Waals surface area (Å²) in [5.41, 5.74) is 5.70. The number of benzene rings is 1. The van der Waals surface area contributed by atoms with Gasteiger partial charge >= 0.3 is 5.69 Å². The molecule has 0 aliphatic carbocycles. The minimum absolute atomic E-state index is 0.122. The second kappa shape index (κ2) is 8.75. The molecule has 2 aliphatic heterocycles. The average molecular weight is 429 g/mol. The number of piperidine rings is 1. The molecule has 1 saturated heterocycles. The van der Waals surface area contributed by atoms with Gasteiger partial charge in [0.15, 0.2) is 11.5 Å². The van der Waals surface area contributed by atoms with Crippen molar-refractivity contribution in [2.45, 2.75) is 32.2 Å². The highest BCUT2D eigenvalue weighted by molar-refractivity contribution is 5.91. The van der Waals surface area contributed by atoms with Gasteiger partial charge in [0.05, 0.1) is 13.2 Å². The van der Waals surface area contributed by atoms with E-state index in [1.807, 2.05) is 4.90 Å². The molecule has 0 bridgehead atoms. The fourth-order valence-corrected chi connectivity index (χ4v) is 3.91. The van der Waals surface area contributed by atoms with Crippen LogP contribution < -0.4 is 36.7 Å². The molecular formula is C21H27N5O5. The van der Waals surface area contributed by atoms with E-state index in [1.54, 1.807) is 18.2 Å². The van der Waals surface area contributed by atoms with Crippen molar-refractivity contribution in [1.29, 1.82) is 0 Å². The van der Waals surface area contributed by atoms with Crippen molar-refractivity contribution in [2.24, 2.45) is 7.05 Å². The summed E-state index contributed by atoms with van der Waals surface area (Å²) >= 11 is 0. The summed E-state index contributed by atoms with van der Waals surface area (Å²) in [6.45, 7) is 2.07. The van der Waals surface area contributed by atoms with Gasteiger partial charge in [-0.2, -0.15) is 0 Å². The zero-order valence-electron chi connectivity index (χ0n) is 17.6. The minimum Gasteiger partial charge on any atom is -0.490 e. The van der Waals surface area contributed by atoms with E-state index in [1.165, 1.54) is 11.6 Å². The number of hydrogen-bond acceptors (Lipinski definition) is 7. The van der Waals surface area contributed by atoms with Crippen LogP contribution in [0.3, 0.4) is 0 Å². The number of ether oxygens (including phenoxy) is 2. The Morgan fingerprint density at radius 2 is 1.77 bits per heavy atom. The third kappa shape index (κ3) is 4.23. The van der Waals surface area contributed by atoms with E-state index in [4.69, 9.17) is 15.2 Å². The summed E-state index contributed by atoms with van der Waals surface area (Å²) in [5.74, 6) is 0.785. The molecule has 1 aromatic carbocycles. The summed E-state index contributed by atoms with van der Waals surface area (Å²) in [6.07, 6.45) is 3.77. The van der Waals surface area contributed by atoms with E-state index in [0.29, 0.717) is 43.5 Å². The molecule has 1 fully saturated rings. The van der Waals surface area contributed by atoms with Crippen LogP contribution in [0.15, 0.2) is 27.8 Å². The molecule has 0 atom stereocenters. The molecule has 0 unspecified atom stereocenters. The molecule has 166 valence electrons. The lowest BCUT2D eigenvalue weighted by atomic mass is 10.1. The number of aromatic nitrogens is 2. The van der Waals surface area contributed by atoms with Gasteiger partial charge < -0.3 is 25.4 Å². The Morgan fingerprint density at radius 3 is 2.52 bits per heavy atom. The van der Waals surface area contributed by atoms with E-state index < -0.39 is 23.7 Å². The number of nitrogens with zero attached hydrogens (tertiary/aromatic N) is 3. The highest BCUT2D eigenvalue weighted by Crippen LogP contribution is 2.32. The van der Waals surface area contributed by atoms with Crippen LogP contribution in [-0.4, -0.2) is 41.3 Å². The first-order valence-electron chi connectivity index (χ1n) is 10.5. The minimum atomic E-state index is -0.628. The zero-order chi connectivity index (χ0) is 22.0. The zero-order valence-corrected chi connectivity index (χ0v) is 17.6. The average Bonchev–Trinajstić information content (AvgIpc) is 3.01. The Balaban J connectivity index is 1.58. The number of nitrogen functional groups attached to an aromatic ring is 1. The number of amides is 1. The summed E-state index contributed by atoms with van der Waals surface area (Å²) in [4.78, 5) is 40.3. The number of carbonyl (C=O) groups excluding carboxylic acids is 1. The van der Waals surface area contributed by atoms with Crippen molar-refractivity contribution in [3.63, 3.8) is 0 Å². The van der Waals surface area contributed by atoms with Gasteiger partial charge in [-0.3, -0.25) is 14.2 Å². The fraction of sp³-hybridized carbons (Fsp3) is 0.476. The Kier molecular flexibility index (Phi) is 5.88. The van der Waals surface area contributed by atoms with Gasteiger partial charge in [-0.05, 0) is 31.4 Å². The van der Waals surface area contributed by atoms with Crippen LogP contribution >= 0.6 is 0 Å². The Labute approximate surface area is 179 Å². The summed E-state index contributed by atoms with van der Waals surface area (Å²) in [6, 6.07) is 5.08. The van der Waals surface area contributed by atoms with Crippen LogP contribution in [0, 0.1) is 0 Å². The predicted octanol–water partition coefficient (Wildman–Crippen LogP) is 0.919. The Bertz CT molecular complexity index is 1100. The first-order chi connectivity index (χ1) is 15.0. The maximum atomic E-state index is 13.1. The molecule has 31 heavy (non-hydrogen) atoms. The van der Waals surface area contributed by atoms with Crippen LogP contribution in [0.2, 0.25) is 0 Å². The molecule has 10 heteroatoms. The van der Waals surface area contributed by atoms with E-state index in [0.717, 1.165) is 30.3 Å². The molecule has 3 N–H and O–H groups in total. The number of anilines is 3. The summed E-state index contributed by atoms with van der Waals surface area (Å²) in [5, 5.41) is 2.72. The van der Waals surface area contributed by atoms with Crippen LogP contribution in [0.1, 0.15) is 25.7 Å². The third-order valence-corrected chi connectivity index (χ3v) is 5.57. The van der Waals surface area contributed by atoms with Gasteiger partial charge in [-0.25, -0.2) is 9.36 Å². The third-order valence-electron chi connectivity index (χ3n) is 5.57. The molecule has 0 saturated carbocycles. The molecule has 10 nitrogen and oxygen atoms in total. The van der Waals surface area contributed by atoms with Gasteiger partial charge in [0.2, 0.25) is 5.91 Å². The highest BCUT2D eigenvalue weighted by Gasteiger charge is 2.23. The topological polar surface area (TPSA) is 121 Å². The molecule has 0 spiro atoms. The summed E-state index contributed by atoms with van der Waals surface area (Å²) in [7, 11) is 1.50. The van der Waals surface area contributed by atoms with Gasteiger partial charge in [-0.15, -0.1) is 0 Å². The van der Waals surface area contributed by atoms with E-state index >= 15 is 0 Å². The molecule has 2 aliphatic rings. The van der Waals surface area contributed by atoms with Crippen LogP contribution in [0.4, 0.5) is 17.2 Å². The first kappa shape index (κ1) is 20.8. The number of rotatable bonds is 4. The van der Waals surface area contributed by atoms with Crippen molar-refractivity contribution in [3.05, 3.63) is 39.0 Å². The molecule has 3 heterocycles. The monoisotopic (exact) mass is 429 g/mol. The lowest BCUT2D eigenvalue weighted by Crippen LogP contribution is -2.46. The normalized spacial score (nSPS) is 16.0. The molecule has 4 rings (SSSR count). The van der Waals surface area contributed by atoms with E-state index in [9.17, 15) is 14.4 Å². The predicted molar refractivity (Wildman–Crippen MR) is 117 cm³/mol. The smallest absolute Gasteiger partial charge is 0.332 e. The van der Waals surface area contributed by atoms with Crippen LogP contribution in [0.5, 0.6) is 11.5 Å². The van der Waals surface area contributed by atoms with Crippen molar-refractivity contribution < 1.29 is 14.3 Å². The number of carbonyl (C=O) groups is 1. The molecule has 0 radical (unpaired) electrons. The van der Waals surface area contributed by atoms with Gasteiger partial charge in [0.25, 0.3) is 5.56 Å². The second-order valence-corrected chi connectivity index (χ2v) is 7.77. The number of nitrogens with one attached hydrogen (secondary N) is 1. The molecular weight excluding hydrogens is 402 g/mol. The first-order valence-corrected chi connectivity index (χ1v) is 10.5. The van der Waals surface area contributed by atoms with Crippen molar-refractivity contribution >= 4 is 23.1 Å². The highest BCUT2D eigenvalue weighted by atomic mass is 16.5. The number of nitrogens with two attached hydrogens (primary N) is 1. The van der Waals surface area contributed by atoms with Gasteiger partial charge in [0, 0.05) is 38.3 Å². The van der Waals surface area contributed by atoms with Crippen LogP contribution in [0.25, 0.3) is 0 Å². The lowest BCUT2D eigenvalue weighted by Gasteiger charge is -2.29. The number of hydrogen-bond donors (Lipinski definition) is 2.